The van der Waals surface area contributed by atoms with Gasteiger partial charge in [0.05, 0.1) is 25.8 Å². The van der Waals surface area contributed by atoms with E-state index < -0.39 is 17.7 Å². The van der Waals surface area contributed by atoms with Crippen molar-refractivity contribution >= 4 is 15.9 Å². The van der Waals surface area contributed by atoms with Gasteiger partial charge in [-0.05, 0) is 24.3 Å². The van der Waals surface area contributed by atoms with Gasteiger partial charge in [0.25, 0.3) is 0 Å². The van der Waals surface area contributed by atoms with Crippen molar-refractivity contribution in [2.75, 3.05) is 14.2 Å². The average molecular weight is 358 g/mol. The summed E-state index contributed by atoms with van der Waals surface area (Å²) >= 11 is 3.04. The van der Waals surface area contributed by atoms with Crippen LogP contribution in [0.25, 0.3) is 0 Å². The lowest BCUT2D eigenvalue weighted by molar-refractivity contribution is 0.380. The molecule has 6 heteroatoms. The summed E-state index contributed by atoms with van der Waals surface area (Å²) in [6.07, 6.45) is 0. The number of benzene rings is 2. The monoisotopic (exact) mass is 357 g/mol. The maximum Gasteiger partial charge on any atom is 0.132 e. The molecule has 0 radical (unpaired) electrons. The molecule has 0 saturated heterocycles. The van der Waals surface area contributed by atoms with Crippen molar-refractivity contribution in [3.8, 4) is 11.5 Å². The summed E-state index contributed by atoms with van der Waals surface area (Å²) in [5.41, 5.74) is 6.22. The number of hydrogen-bond acceptors (Lipinski definition) is 3. The predicted octanol–water partition coefficient (Wildman–Crippen LogP) is 3.79. The fourth-order valence-corrected chi connectivity index (χ4v) is 2.58. The summed E-state index contributed by atoms with van der Waals surface area (Å²) < 4.78 is 38.9. The first kappa shape index (κ1) is 15.7. The molecule has 1 unspecified atom stereocenters. The Bertz CT molecular complexity index is 619. The van der Waals surface area contributed by atoms with Crippen LogP contribution in [0.3, 0.4) is 0 Å². The van der Waals surface area contributed by atoms with Gasteiger partial charge in [0.15, 0.2) is 0 Å². The maximum atomic E-state index is 14.1. The summed E-state index contributed by atoms with van der Waals surface area (Å²) in [7, 11) is 2.92. The smallest absolute Gasteiger partial charge is 0.132 e. The summed E-state index contributed by atoms with van der Waals surface area (Å²) in [6.45, 7) is 0. The second-order valence-corrected chi connectivity index (χ2v) is 5.25. The molecule has 2 aromatic carbocycles. The van der Waals surface area contributed by atoms with E-state index in [0.717, 1.165) is 0 Å². The van der Waals surface area contributed by atoms with Crippen LogP contribution in [-0.2, 0) is 0 Å². The third-order valence-electron chi connectivity index (χ3n) is 3.13. The molecule has 0 saturated carbocycles. The zero-order valence-electron chi connectivity index (χ0n) is 11.5. The molecule has 0 aliphatic carbocycles. The van der Waals surface area contributed by atoms with Crippen molar-refractivity contribution in [1.29, 1.82) is 0 Å². The topological polar surface area (TPSA) is 44.5 Å². The standard InChI is InChI=1S/C15H14BrF2NO2/c1-20-11-4-3-5-12(21-2)14(11)15(19)13-9(17)6-8(16)7-10(13)18/h3-7,15H,19H2,1-2H3. The molecule has 3 nitrogen and oxygen atoms in total. The normalized spacial score (nSPS) is 12.1. The first-order valence-corrected chi connectivity index (χ1v) is 6.89. The predicted molar refractivity (Wildman–Crippen MR) is 79.6 cm³/mol. The van der Waals surface area contributed by atoms with Crippen LogP contribution in [0.2, 0.25) is 0 Å². The number of rotatable bonds is 4. The SMILES string of the molecule is COc1cccc(OC)c1C(N)c1c(F)cc(Br)cc1F. The van der Waals surface area contributed by atoms with E-state index in [4.69, 9.17) is 15.2 Å². The van der Waals surface area contributed by atoms with Crippen LogP contribution in [0, 0.1) is 11.6 Å². The highest BCUT2D eigenvalue weighted by Gasteiger charge is 2.25. The molecule has 2 rings (SSSR count). The Labute approximate surface area is 129 Å². The van der Waals surface area contributed by atoms with Gasteiger partial charge in [-0.15, -0.1) is 0 Å². The Hall–Kier alpha value is -1.66. The first-order valence-electron chi connectivity index (χ1n) is 6.10. The molecule has 112 valence electrons. The van der Waals surface area contributed by atoms with E-state index >= 15 is 0 Å². The molecule has 21 heavy (non-hydrogen) atoms. The van der Waals surface area contributed by atoms with Gasteiger partial charge in [0, 0.05) is 10.0 Å². The molecule has 1 atom stereocenters. The molecular weight excluding hydrogens is 344 g/mol. The molecule has 0 fully saturated rings. The van der Waals surface area contributed by atoms with Gasteiger partial charge in [-0.25, -0.2) is 8.78 Å². The van der Waals surface area contributed by atoms with Gasteiger partial charge < -0.3 is 15.2 Å². The lowest BCUT2D eigenvalue weighted by Gasteiger charge is -2.20. The van der Waals surface area contributed by atoms with Crippen LogP contribution >= 0.6 is 15.9 Å². The molecule has 0 aliphatic heterocycles. The van der Waals surface area contributed by atoms with Gasteiger partial charge in [-0.3, -0.25) is 0 Å². The largest absolute Gasteiger partial charge is 0.496 e. The van der Waals surface area contributed by atoms with Crippen molar-refractivity contribution in [3.63, 3.8) is 0 Å². The van der Waals surface area contributed by atoms with Crippen molar-refractivity contribution < 1.29 is 18.3 Å². The molecule has 2 N–H and O–H groups in total. The van der Waals surface area contributed by atoms with Crippen molar-refractivity contribution in [3.05, 3.63) is 57.6 Å². The van der Waals surface area contributed by atoms with E-state index in [9.17, 15) is 8.78 Å². The number of ether oxygens (including phenoxy) is 2. The van der Waals surface area contributed by atoms with E-state index in [2.05, 4.69) is 15.9 Å². The molecule has 0 heterocycles. The van der Waals surface area contributed by atoms with Crippen LogP contribution in [0.1, 0.15) is 17.2 Å². The Kier molecular flexibility index (Phi) is 4.80. The Morgan fingerprint density at radius 1 is 1.00 bits per heavy atom. The van der Waals surface area contributed by atoms with Crippen molar-refractivity contribution in [1.82, 2.24) is 0 Å². The fraction of sp³-hybridized carbons (Fsp3) is 0.200. The van der Waals surface area contributed by atoms with Gasteiger partial charge in [0.2, 0.25) is 0 Å². The molecule has 0 amide bonds. The molecule has 2 aromatic rings. The van der Waals surface area contributed by atoms with Gasteiger partial charge in [-0.2, -0.15) is 0 Å². The van der Waals surface area contributed by atoms with E-state index in [-0.39, 0.29) is 5.56 Å². The Balaban J connectivity index is 2.62. The summed E-state index contributed by atoms with van der Waals surface area (Å²) in [4.78, 5) is 0. The third-order valence-corrected chi connectivity index (χ3v) is 3.59. The minimum atomic E-state index is -1.05. The van der Waals surface area contributed by atoms with Gasteiger partial charge >= 0.3 is 0 Å². The number of methoxy groups -OCH3 is 2. The molecule has 0 bridgehead atoms. The minimum Gasteiger partial charge on any atom is -0.496 e. The zero-order valence-corrected chi connectivity index (χ0v) is 13.1. The third kappa shape index (κ3) is 3.01. The van der Waals surface area contributed by atoms with E-state index in [1.54, 1.807) is 18.2 Å². The highest BCUT2D eigenvalue weighted by molar-refractivity contribution is 9.10. The quantitative estimate of drug-likeness (QED) is 0.905. The summed E-state index contributed by atoms with van der Waals surface area (Å²) in [6, 6.07) is 6.31. The fourth-order valence-electron chi connectivity index (χ4n) is 2.18. The van der Waals surface area contributed by atoms with E-state index in [1.807, 2.05) is 0 Å². The van der Waals surface area contributed by atoms with Crippen LogP contribution in [0.4, 0.5) is 8.78 Å². The Morgan fingerprint density at radius 2 is 1.48 bits per heavy atom. The van der Waals surface area contributed by atoms with Crippen molar-refractivity contribution in [2.24, 2.45) is 5.73 Å². The summed E-state index contributed by atoms with van der Waals surface area (Å²) in [5, 5.41) is 0. The Morgan fingerprint density at radius 3 is 1.90 bits per heavy atom. The lowest BCUT2D eigenvalue weighted by atomic mass is 9.96. The highest BCUT2D eigenvalue weighted by atomic mass is 79.9. The van der Waals surface area contributed by atoms with Gasteiger partial charge in [0.1, 0.15) is 23.1 Å². The molecule has 0 aliphatic rings. The second kappa shape index (κ2) is 6.41. The average Bonchev–Trinajstić information content (AvgIpc) is 2.44. The first-order chi connectivity index (χ1) is 9.99. The molecule has 0 spiro atoms. The number of halogens is 3. The molecule has 0 aromatic heterocycles. The van der Waals surface area contributed by atoms with Crippen LogP contribution in [0.5, 0.6) is 11.5 Å². The van der Waals surface area contributed by atoms with Crippen molar-refractivity contribution in [2.45, 2.75) is 6.04 Å². The zero-order chi connectivity index (χ0) is 15.6. The second-order valence-electron chi connectivity index (χ2n) is 4.34. The summed E-state index contributed by atoms with van der Waals surface area (Å²) in [5.74, 6) is -0.656. The van der Waals surface area contributed by atoms with E-state index in [1.165, 1.54) is 26.4 Å². The minimum absolute atomic E-state index is 0.235. The lowest BCUT2D eigenvalue weighted by Crippen LogP contribution is -2.17. The van der Waals surface area contributed by atoms with Crippen LogP contribution in [0.15, 0.2) is 34.8 Å². The van der Waals surface area contributed by atoms with Crippen LogP contribution in [-0.4, -0.2) is 14.2 Å². The molecular formula is C15H14BrF2NO2. The van der Waals surface area contributed by atoms with Crippen LogP contribution < -0.4 is 15.2 Å². The van der Waals surface area contributed by atoms with E-state index in [0.29, 0.717) is 21.5 Å². The maximum absolute atomic E-state index is 14.1. The van der Waals surface area contributed by atoms with Gasteiger partial charge in [-0.1, -0.05) is 22.0 Å². The number of hydrogen-bond donors (Lipinski definition) is 1. The highest BCUT2D eigenvalue weighted by Crippen LogP contribution is 2.38. The number of nitrogens with two attached hydrogens (primary N) is 1.